The van der Waals surface area contributed by atoms with E-state index in [1.165, 1.54) is 9.08 Å². The van der Waals surface area contributed by atoms with E-state index in [4.69, 9.17) is 10.7 Å². The number of aryl methyl sites for hydroxylation is 1. The number of nitrogens with one attached hydrogen (secondary N) is 1. The van der Waals surface area contributed by atoms with Crippen LogP contribution in [0, 0.1) is 6.92 Å². The molecule has 0 saturated heterocycles. The van der Waals surface area contributed by atoms with Crippen LogP contribution in [0.4, 0.5) is 5.82 Å². The Balaban J connectivity index is 1.47. The predicted octanol–water partition coefficient (Wildman–Crippen LogP) is 3.71. The summed E-state index contributed by atoms with van der Waals surface area (Å²) in [5.74, 6) is -0.0453. The molecule has 6 rings (SSSR count). The van der Waals surface area contributed by atoms with Gasteiger partial charge in [0.2, 0.25) is 0 Å². The van der Waals surface area contributed by atoms with E-state index >= 15 is 0 Å². The van der Waals surface area contributed by atoms with Crippen molar-refractivity contribution in [1.29, 1.82) is 0 Å². The Hall–Kier alpha value is -5.58. The molecule has 0 aliphatic rings. The van der Waals surface area contributed by atoms with Gasteiger partial charge in [0.05, 0.1) is 28.8 Å². The number of hydrogen-bond acceptors (Lipinski definition) is 7. The average Bonchev–Trinajstić information content (AvgIpc) is 3.49. The summed E-state index contributed by atoms with van der Waals surface area (Å²) >= 11 is 0. The summed E-state index contributed by atoms with van der Waals surface area (Å²) in [5, 5.41) is 11.9. The van der Waals surface area contributed by atoms with Crippen LogP contribution in [0.15, 0.2) is 78.0 Å². The van der Waals surface area contributed by atoms with Crippen molar-refractivity contribution in [3.8, 4) is 5.69 Å². The van der Waals surface area contributed by atoms with Gasteiger partial charge in [0.25, 0.3) is 11.5 Å². The van der Waals surface area contributed by atoms with E-state index in [2.05, 4.69) is 20.5 Å². The van der Waals surface area contributed by atoms with E-state index in [0.29, 0.717) is 28.1 Å². The highest BCUT2D eigenvalue weighted by Gasteiger charge is 2.24. The van der Waals surface area contributed by atoms with E-state index in [1.54, 1.807) is 42.3 Å². The minimum absolute atomic E-state index is 0.0561. The lowest BCUT2D eigenvalue weighted by molar-refractivity contribution is 0.0940. The van der Waals surface area contributed by atoms with Gasteiger partial charge in [-0.25, -0.2) is 14.5 Å². The molecule has 0 bridgehead atoms. The zero-order valence-corrected chi connectivity index (χ0v) is 22.7. The fourth-order valence-electron chi connectivity index (χ4n) is 4.84. The Kier molecular flexibility index (Phi) is 6.38. The lowest BCUT2D eigenvalue weighted by Crippen LogP contribution is -2.33. The standard InChI is InChI=1S/C30H27N9O2/c1-18(34-29(40)25-26(31)36-38-16-8-15-32-28(25)38)27-35-23-12-7-9-20(13-14-21-17-33-37(3)19(21)2)24(23)30(41)39(27)22-10-5-4-6-11-22/h4-18H,1-3H3,(H2,31,36)(H,34,40)/b14-13+/t18-/m0/s1. The second-order valence-corrected chi connectivity index (χ2v) is 9.67. The number of para-hydroxylation sites is 1. The third kappa shape index (κ3) is 4.52. The fraction of sp³-hybridized carbons (Fsp3) is 0.133. The number of carbonyl (C=O) groups excluding carboxylic acids is 1. The van der Waals surface area contributed by atoms with Gasteiger partial charge in [-0.1, -0.05) is 42.5 Å². The molecule has 0 aliphatic heterocycles. The number of carbonyl (C=O) groups is 1. The predicted molar refractivity (Wildman–Crippen MR) is 157 cm³/mol. The van der Waals surface area contributed by atoms with Crippen LogP contribution in [-0.4, -0.2) is 39.8 Å². The summed E-state index contributed by atoms with van der Waals surface area (Å²) < 4.78 is 4.79. The zero-order valence-electron chi connectivity index (χ0n) is 22.7. The number of nitrogen functional groups attached to an aromatic ring is 1. The Morgan fingerprint density at radius 2 is 1.83 bits per heavy atom. The van der Waals surface area contributed by atoms with Crippen molar-refractivity contribution in [3.63, 3.8) is 0 Å². The number of rotatable bonds is 6. The van der Waals surface area contributed by atoms with Crippen LogP contribution >= 0.6 is 0 Å². The Morgan fingerprint density at radius 3 is 2.59 bits per heavy atom. The molecule has 1 atom stereocenters. The summed E-state index contributed by atoms with van der Waals surface area (Å²) in [6.45, 7) is 3.76. The molecular formula is C30H27N9O2. The monoisotopic (exact) mass is 545 g/mol. The van der Waals surface area contributed by atoms with Crippen molar-refractivity contribution in [3.05, 3.63) is 112 Å². The number of aromatic nitrogens is 7. The van der Waals surface area contributed by atoms with Crippen LogP contribution in [0.25, 0.3) is 34.4 Å². The minimum atomic E-state index is -0.671. The van der Waals surface area contributed by atoms with Gasteiger partial charge in [0, 0.05) is 30.7 Å². The van der Waals surface area contributed by atoms with E-state index < -0.39 is 11.9 Å². The van der Waals surface area contributed by atoms with Crippen molar-refractivity contribution >= 4 is 40.4 Å². The van der Waals surface area contributed by atoms with Crippen LogP contribution in [0.3, 0.4) is 0 Å². The van der Waals surface area contributed by atoms with Crippen LogP contribution in [0.5, 0.6) is 0 Å². The average molecular weight is 546 g/mol. The largest absolute Gasteiger partial charge is 0.381 e. The molecule has 3 N–H and O–H groups in total. The van der Waals surface area contributed by atoms with Crippen molar-refractivity contribution in [1.82, 2.24) is 39.2 Å². The SMILES string of the molecule is Cc1c(/C=C/c2cccc3nc([C@H](C)NC(=O)c4c(N)nn5cccnc45)n(-c4ccccc4)c(=O)c23)cnn1C. The molecule has 0 unspecified atom stereocenters. The topological polar surface area (TPSA) is 138 Å². The number of amides is 1. The lowest BCUT2D eigenvalue weighted by Gasteiger charge is -2.20. The zero-order chi connectivity index (χ0) is 28.7. The highest BCUT2D eigenvalue weighted by atomic mass is 16.2. The van der Waals surface area contributed by atoms with E-state index in [-0.39, 0.29) is 16.9 Å². The first kappa shape index (κ1) is 25.7. The van der Waals surface area contributed by atoms with Gasteiger partial charge in [-0.3, -0.25) is 18.8 Å². The van der Waals surface area contributed by atoms with Gasteiger partial charge in [0.1, 0.15) is 11.4 Å². The van der Waals surface area contributed by atoms with Crippen LogP contribution in [0.1, 0.15) is 46.0 Å². The second-order valence-electron chi connectivity index (χ2n) is 9.67. The molecule has 4 aromatic heterocycles. The molecule has 11 nitrogen and oxygen atoms in total. The van der Waals surface area contributed by atoms with Crippen molar-refractivity contribution in [2.75, 3.05) is 5.73 Å². The number of nitrogens with two attached hydrogens (primary N) is 1. The molecule has 0 saturated carbocycles. The van der Waals surface area contributed by atoms with Crippen molar-refractivity contribution < 1.29 is 4.79 Å². The van der Waals surface area contributed by atoms with E-state index in [1.807, 2.05) is 68.6 Å². The Morgan fingerprint density at radius 1 is 1.05 bits per heavy atom. The Bertz CT molecular complexity index is 2020. The smallest absolute Gasteiger partial charge is 0.266 e. The highest BCUT2D eigenvalue weighted by Crippen LogP contribution is 2.23. The molecule has 11 heteroatoms. The Labute approximate surface area is 234 Å². The maximum absolute atomic E-state index is 14.2. The molecule has 4 heterocycles. The minimum Gasteiger partial charge on any atom is -0.381 e. The molecule has 2 aromatic carbocycles. The van der Waals surface area contributed by atoms with Gasteiger partial charge in [0.15, 0.2) is 11.5 Å². The van der Waals surface area contributed by atoms with Crippen LogP contribution in [0.2, 0.25) is 0 Å². The van der Waals surface area contributed by atoms with Crippen molar-refractivity contribution in [2.45, 2.75) is 19.9 Å². The molecule has 0 aliphatic carbocycles. The molecule has 41 heavy (non-hydrogen) atoms. The molecular weight excluding hydrogens is 518 g/mol. The second kappa shape index (κ2) is 10.2. The first-order valence-corrected chi connectivity index (χ1v) is 13.0. The van der Waals surface area contributed by atoms with Crippen molar-refractivity contribution in [2.24, 2.45) is 7.05 Å². The molecule has 6 aromatic rings. The lowest BCUT2D eigenvalue weighted by atomic mass is 10.1. The summed E-state index contributed by atoms with van der Waals surface area (Å²) in [6, 6.07) is 15.8. The molecule has 0 spiro atoms. The van der Waals surface area contributed by atoms with Gasteiger partial charge in [-0.05, 0) is 43.7 Å². The third-order valence-electron chi connectivity index (χ3n) is 7.07. The number of nitrogens with zero attached hydrogens (tertiary/aromatic N) is 7. The first-order valence-electron chi connectivity index (χ1n) is 13.0. The molecule has 0 radical (unpaired) electrons. The van der Waals surface area contributed by atoms with Gasteiger partial charge in [-0.2, -0.15) is 5.10 Å². The summed E-state index contributed by atoms with van der Waals surface area (Å²) in [6.07, 6.45) is 8.85. The maximum Gasteiger partial charge on any atom is 0.266 e. The van der Waals surface area contributed by atoms with Crippen LogP contribution in [-0.2, 0) is 7.05 Å². The maximum atomic E-state index is 14.2. The summed E-state index contributed by atoms with van der Waals surface area (Å²) in [7, 11) is 1.88. The molecule has 1 amide bonds. The van der Waals surface area contributed by atoms with Gasteiger partial charge in [-0.15, -0.1) is 5.10 Å². The number of fused-ring (bicyclic) bond motifs is 2. The number of hydrogen-bond donors (Lipinski definition) is 2. The number of anilines is 1. The molecule has 204 valence electrons. The third-order valence-corrected chi connectivity index (χ3v) is 7.07. The van der Waals surface area contributed by atoms with E-state index in [9.17, 15) is 9.59 Å². The highest BCUT2D eigenvalue weighted by molar-refractivity contribution is 6.04. The van der Waals surface area contributed by atoms with Crippen LogP contribution < -0.4 is 16.6 Å². The first-order chi connectivity index (χ1) is 19.8. The van der Waals surface area contributed by atoms with E-state index in [0.717, 1.165) is 16.8 Å². The summed E-state index contributed by atoms with van der Waals surface area (Å²) in [5.41, 5.74) is 10.1. The molecule has 0 fully saturated rings. The quantitative estimate of drug-likeness (QED) is 0.325. The van der Waals surface area contributed by atoms with Gasteiger partial charge >= 0.3 is 0 Å². The fourth-order valence-corrected chi connectivity index (χ4v) is 4.84. The number of benzene rings is 2. The summed E-state index contributed by atoms with van der Waals surface area (Å²) in [4.78, 5) is 36.8. The normalized spacial score (nSPS) is 12.4. The van der Waals surface area contributed by atoms with Gasteiger partial charge < -0.3 is 11.1 Å².